The van der Waals surface area contributed by atoms with Crippen molar-refractivity contribution in [3.63, 3.8) is 0 Å². The molecule has 2 rings (SSSR count). The van der Waals surface area contributed by atoms with Crippen LogP contribution in [0.1, 0.15) is 26.8 Å². The molecule has 0 bridgehead atoms. The van der Waals surface area contributed by atoms with E-state index in [0.29, 0.717) is 17.7 Å². The minimum Gasteiger partial charge on any atom is -0.308 e. The predicted molar refractivity (Wildman–Crippen MR) is 89.1 cm³/mol. The number of hydrogen-bond donors (Lipinski definition) is 1. The largest absolute Gasteiger partial charge is 0.308 e. The van der Waals surface area contributed by atoms with E-state index in [0.717, 1.165) is 0 Å². The summed E-state index contributed by atoms with van der Waals surface area (Å²) in [4.78, 5) is 15.5. The monoisotopic (exact) mass is 320 g/mol. The average Bonchev–Trinajstić information content (AvgIpc) is 2.99. The van der Waals surface area contributed by atoms with Crippen molar-refractivity contribution >= 4 is 17.1 Å². The highest BCUT2D eigenvalue weighted by atomic mass is 32.1. The fourth-order valence-corrected chi connectivity index (χ4v) is 3.13. The predicted octanol–water partition coefficient (Wildman–Crippen LogP) is 3.27. The van der Waals surface area contributed by atoms with E-state index in [9.17, 15) is 9.18 Å². The number of carbonyl (C=O) groups excluding carboxylic acids is 1. The first kappa shape index (κ1) is 16.8. The topological polar surface area (TPSA) is 32.3 Å². The fourth-order valence-electron chi connectivity index (χ4n) is 2.21. The van der Waals surface area contributed by atoms with Gasteiger partial charge in [-0.05, 0) is 44.1 Å². The second kappa shape index (κ2) is 7.63. The molecular formula is C17H21FN2OS. The summed E-state index contributed by atoms with van der Waals surface area (Å²) in [7, 11) is 4.03. The van der Waals surface area contributed by atoms with E-state index in [1.54, 1.807) is 30.4 Å². The van der Waals surface area contributed by atoms with Gasteiger partial charge in [0, 0.05) is 17.0 Å². The standard InChI is InChI=1S/C17H21FN2OS/c1-12-6-7-13(9-14(12)18)16(21)11-19-10-15(20(2)3)17-5-4-8-22-17/h4-9,15,19H,10-11H2,1-3H3. The first-order chi connectivity index (χ1) is 10.5. The van der Waals surface area contributed by atoms with Gasteiger partial charge < -0.3 is 10.2 Å². The summed E-state index contributed by atoms with van der Waals surface area (Å²) in [5.74, 6) is -0.432. The normalized spacial score (nSPS) is 12.6. The summed E-state index contributed by atoms with van der Waals surface area (Å²) in [6.07, 6.45) is 0. The van der Waals surface area contributed by atoms with Crippen molar-refractivity contribution in [1.82, 2.24) is 10.2 Å². The maximum absolute atomic E-state index is 13.5. The van der Waals surface area contributed by atoms with Crippen LogP contribution in [0.4, 0.5) is 4.39 Å². The van der Waals surface area contributed by atoms with E-state index in [4.69, 9.17) is 0 Å². The third-order valence-corrected chi connectivity index (χ3v) is 4.59. The lowest BCUT2D eigenvalue weighted by atomic mass is 10.1. The lowest BCUT2D eigenvalue weighted by molar-refractivity contribution is 0.0988. The average molecular weight is 320 g/mol. The molecule has 0 aliphatic rings. The van der Waals surface area contributed by atoms with Crippen LogP contribution in [0.3, 0.4) is 0 Å². The molecule has 1 aromatic carbocycles. The zero-order chi connectivity index (χ0) is 16.1. The number of thiophene rings is 1. The van der Waals surface area contributed by atoms with Crippen molar-refractivity contribution < 1.29 is 9.18 Å². The third-order valence-electron chi connectivity index (χ3n) is 3.61. The summed E-state index contributed by atoms with van der Waals surface area (Å²) in [6, 6.07) is 8.96. The smallest absolute Gasteiger partial charge is 0.176 e. The number of benzene rings is 1. The Balaban J connectivity index is 1.91. The number of nitrogens with zero attached hydrogens (tertiary/aromatic N) is 1. The maximum Gasteiger partial charge on any atom is 0.176 e. The van der Waals surface area contributed by atoms with E-state index in [1.165, 1.54) is 10.9 Å². The van der Waals surface area contributed by atoms with Gasteiger partial charge in [0.2, 0.25) is 0 Å². The van der Waals surface area contributed by atoms with E-state index in [2.05, 4.69) is 16.3 Å². The molecule has 0 amide bonds. The molecule has 0 aliphatic carbocycles. The summed E-state index contributed by atoms with van der Waals surface area (Å²) in [6.45, 7) is 2.57. The summed E-state index contributed by atoms with van der Waals surface area (Å²) in [5.41, 5.74) is 0.961. The molecule has 1 atom stereocenters. The van der Waals surface area contributed by atoms with Crippen LogP contribution in [0.25, 0.3) is 0 Å². The molecule has 0 saturated carbocycles. The molecule has 0 spiro atoms. The second-order valence-corrected chi connectivity index (χ2v) is 6.49. The summed E-state index contributed by atoms with van der Waals surface area (Å²) in [5, 5.41) is 5.23. The molecule has 0 aliphatic heterocycles. The second-order valence-electron chi connectivity index (χ2n) is 5.51. The number of ketones is 1. The van der Waals surface area contributed by atoms with Gasteiger partial charge in [0.25, 0.3) is 0 Å². The van der Waals surface area contributed by atoms with Crippen molar-refractivity contribution in [2.75, 3.05) is 27.2 Å². The molecular weight excluding hydrogens is 299 g/mol. The minimum absolute atomic E-state index is 0.0948. The molecule has 0 fully saturated rings. The molecule has 1 aromatic heterocycles. The maximum atomic E-state index is 13.5. The van der Waals surface area contributed by atoms with Gasteiger partial charge in [-0.1, -0.05) is 18.2 Å². The Morgan fingerprint density at radius 1 is 1.36 bits per heavy atom. The third kappa shape index (κ3) is 4.22. The van der Waals surface area contributed by atoms with Crippen LogP contribution in [0, 0.1) is 12.7 Å². The molecule has 0 saturated heterocycles. The number of halogens is 1. The Bertz CT molecular complexity index is 626. The van der Waals surface area contributed by atoms with Gasteiger partial charge in [0.1, 0.15) is 5.82 Å². The Hall–Kier alpha value is -1.56. The molecule has 1 heterocycles. The Labute approximate surface area is 134 Å². The van der Waals surface area contributed by atoms with E-state index in [-0.39, 0.29) is 24.2 Å². The number of nitrogens with one attached hydrogen (secondary N) is 1. The Kier molecular flexibility index (Phi) is 5.83. The summed E-state index contributed by atoms with van der Waals surface area (Å²) < 4.78 is 13.5. The number of rotatable bonds is 7. The quantitative estimate of drug-likeness (QED) is 0.795. The van der Waals surface area contributed by atoms with Crippen LogP contribution in [0.5, 0.6) is 0 Å². The van der Waals surface area contributed by atoms with Crippen LogP contribution in [0.15, 0.2) is 35.7 Å². The SMILES string of the molecule is Cc1ccc(C(=O)CNCC(c2cccs2)N(C)C)cc1F. The van der Waals surface area contributed by atoms with E-state index < -0.39 is 0 Å². The lowest BCUT2D eigenvalue weighted by Gasteiger charge is -2.23. The number of hydrogen-bond acceptors (Lipinski definition) is 4. The molecule has 2 aromatic rings. The van der Waals surface area contributed by atoms with Gasteiger partial charge in [-0.3, -0.25) is 4.79 Å². The lowest BCUT2D eigenvalue weighted by Crippen LogP contribution is -2.33. The first-order valence-corrected chi connectivity index (χ1v) is 8.07. The molecule has 3 nitrogen and oxygen atoms in total. The molecule has 5 heteroatoms. The van der Waals surface area contributed by atoms with Gasteiger partial charge in [0.05, 0.1) is 12.6 Å². The van der Waals surface area contributed by atoms with Gasteiger partial charge in [0.15, 0.2) is 5.78 Å². The van der Waals surface area contributed by atoms with E-state index in [1.807, 2.05) is 25.5 Å². The zero-order valence-electron chi connectivity index (χ0n) is 13.1. The first-order valence-electron chi connectivity index (χ1n) is 7.19. The number of likely N-dealkylation sites (N-methyl/N-ethyl adjacent to an activating group) is 1. The molecule has 22 heavy (non-hydrogen) atoms. The molecule has 0 radical (unpaired) electrons. The molecule has 118 valence electrons. The number of Topliss-reactive ketones (excluding diaryl/α,β-unsaturated/α-hetero) is 1. The fraction of sp³-hybridized carbons (Fsp3) is 0.353. The molecule has 1 N–H and O–H groups in total. The van der Waals surface area contributed by atoms with E-state index >= 15 is 0 Å². The number of aryl methyl sites for hydroxylation is 1. The molecule has 1 unspecified atom stereocenters. The highest BCUT2D eigenvalue weighted by Gasteiger charge is 2.15. The van der Waals surface area contributed by atoms with Gasteiger partial charge in [-0.15, -0.1) is 11.3 Å². The van der Waals surface area contributed by atoms with Crippen LogP contribution in [-0.2, 0) is 0 Å². The zero-order valence-corrected chi connectivity index (χ0v) is 13.9. The van der Waals surface area contributed by atoms with Gasteiger partial charge in [-0.2, -0.15) is 0 Å². The highest BCUT2D eigenvalue weighted by Crippen LogP contribution is 2.22. The van der Waals surface area contributed by atoms with Crippen molar-refractivity contribution in [2.24, 2.45) is 0 Å². The number of carbonyl (C=O) groups is 1. The van der Waals surface area contributed by atoms with Crippen molar-refractivity contribution in [3.05, 3.63) is 57.5 Å². The van der Waals surface area contributed by atoms with Crippen molar-refractivity contribution in [3.8, 4) is 0 Å². The van der Waals surface area contributed by atoms with Crippen molar-refractivity contribution in [2.45, 2.75) is 13.0 Å². The minimum atomic E-state index is -0.337. The van der Waals surface area contributed by atoms with Gasteiger partial charge >= 0.3 is 0 Å². The van der Waals surface area contributed by atoms with Crippen LogP contribution in [0.2, 0.25) is 0 Å². The van der Waals surface area contributed by atoms with Crippen LogP contribution >= 0.6 is 11.3 Å². The van der Waals surface area contributed by atoms with Gasteiger partial charge in [-0.25, -0.2) is 4.39 Å². The Morgan fingerprint density at radius 3 is 2.73 bits per heavy atom. The summed E-state index contributed by atoms with van der Waals surface area (Å²) >= 11 is 1.70. The Morgan fingerprint density at radius 2 is 2.14 bits per heavy atom. The van der Waals surface area contributed by atoms with Crippen LogP contribution in [-0.4, -0.2) is 37.9 Å². The highest BCUT2D eigenvalue weighted by molar-refractivity contribution is 7.10. The van der Waals surface area contributed by atoms with Crippen molar-refractivity contribution in [1.29, 1.82) is 0 Å². The van der Waals surface area contributed by atoms with Crippen LogP contribution < -0.4 is 5.32 Å².